The van der Waals surface area contributed by atoms with E-state index in [0.717, 1.165) is 45.0 Å². The van der Waals surface area contributed by atoms with Crippen LogP contribution in [0.5, 0.6) is 0 Å². The SMILES string of the molecule is CCCn1nncc1C(NN)C(C)(C)N1CCOCC1. The van der Waals surface area contributed by atoms with Crippen molar-refractivity contribution in [2.45, 2.75) is 45.3 Å². The van der Waals surface area contributed by atoms with Crippen molar-refractivity contribution >= 4 is 0 Å². The van der Waals surface area contributed by atoms with Gasteiger partial charge in [0.15, 0.2) is 0 Å². The van der Waals surface area contributed by atoms with E-state index in [1.165, 1.54) is 0 Å². The summed E-state index contributed by atoms with van der Waals surface area (Å²) in [7, 11) is 0. The first kappa shape index (κ1) is 15.4. The molecule has 2 heterocycles. The zero-order valence-electron chi connectivity index (χ0n) is 12.7. The van der Waals surface area contributed by atoms with Crippen LogP contribution >= 0.6 is 0 Å². The summed E-state index contributed by atoms with van der Waals surface area (Å²) in [5.74, 6) is 5.85. The van der Waals surface area contributed by atoms with E-state index in [4.69, 9.17) is 10.6 Å². The molecule has 1 unspecified atom stereocenters. The summed E-state index contributed by atoms with van der Waals surface area (Å²) in [5.41, 5.74) is 3.86. The van der Waals surface area contributed by atoms with Gasteiger partial charge in [-0.1, -0.05) is 12.1 Å². The van der Waals surface area contributed by atoms with Crippen molar-refractivity contribution in [2.24, 2.45) is 5.84 Å². The van der Waals surface area contributed by atoms with Crippen LogP contribution in [0.4, 0.5) is 0 Å². The van der Waals surface area contributed by atoms with E-state index < -0.39 is 0 Å². The number of morpholine rings is 1. The molecule has 1 aromatic rings. The topological polar surface area (TPSA) is 81.2 Å². The van der Waals surface area contributed by atoms with Crippen LogP contribution in [0.25, 0.3) is 0 Å². The molecule has 7 heteroatoms. The summed E-state index contributed by atoms with van der Waals surface area (Å²) < 4.78 is 7.38. The summed E-state index contributed by atoms with van der Waals surface area (Å²) >= 11 is 0. The molecule has 0 aliphatic carbocycles. The van der Waals surface area contributed by atoms with Gasteiger partial charge in [-0.05, 0) is 20.3 Å². The van der Waals surface area contributed by atoms with Crippen molar-refractivity contribution < 1.29 is 4.74 Å². The molecule has 1 aliphatic rings. The second kappa shape index (κ2) is 6.62. The van der Waals surface area contributed by atoms with E-state index >= 15 is 0 Å². The molecule has 0 radical (unpaired) electrons. The first-order chi connectivity index (χ1) is 9.61. The summed E-state index contributed by atoms with van der Waals surface area (Å²) in [4.78, 5) is 2.41. The molecule has 20 heavy (non-hydrogen) atoms. The maximum atomic E-state index is 5.85. The Kier molecular flexibility index (Phi) is 5.09. The van der Waals surface area contributed by atoms with E-state index in [-0.39, 0.29) is 11.6 Å². The molecule has 2 rings (SSSR count). The van der Waals surface area contributed by atoms with Gasteiger partial charge < -0.3 is 4.74 Å². The van der Waals surface area contributed by atoms with Gasteiger partial charge in [0.2, 0.25) is 0 Å². The number of nitrogens with one attached hydrogen (secondary N) is 1. The van der Waals surface area contributed by atoms with E-state index in [9.17, 15) is 0 Å². The van der Waals surface area contributed by atoms with Gasteiger partial charge in [-0.3, -0.25) is 10.7 Å². The van der Waals surface area contributed by atoms with E-state index in [0.29, 0.717) is 0 Å². The zero-order valence-corrected chi connectivity index (χ0v) is 12.7. The number of rotatable bonds is 6. The molecule has 0 bridgehead atoms. The summed E-state index contributed by atoms with van der Waals surface area (Å²) in [6.45, 7) is 10.8. The highest BCUT2D eigenvalue weighted by Crippen LogP contribution is 2.30. The van der Waals surface area contributed by atoms with Crippen LogP contribution in [0, 0.1) is 0 Å². The Balaban J connectivity index is 2.22. The lowest BCUT2D eigenvalue weighted by Crippen LogP contribution is -2.57. The van der Waals surface area contributed by atoms with Crippen LogP contribution in [-0.4, -0.2) is 51.7 Å². The summed E-state index contributed by atoms with van der Waals surface area (Å²) in [5, 5.41) is 8.20. The molecular weight excluding hydrogens is 256 g/mol. The predicted molar refractivity (Wildman–Crippen MR) is 76.8 cm³/mol. The molecule has 3 N–H and O–H groups in total. The molecule has 114 valence electrons. The van der Waals surface area contributed by atoms with Crippen LogP contribution in [0.3, 0.4) is 0 Å². The Morgan fingerprint density at radius 2 is 2.15 bits per heavy atom. The lowest BCUT2D eigenvalue weighted by Gasteiger charge is -2.45. The van der Waals surface area contributed by atoms with E-state index in [1.807, 2.05) is 10.9 Å². The number of nitrogens with zero attached hydrogens (tertiary/aromatic N) is 4. The van der Waals surface area contributed by atoms with Gasteiger partial charge in [-0.25, -0.2) is 10.1 Å². The van der Waals surface area contributed by atoms with Crippen LogP contribution < -0.4 is 11.3 Å². The molecule has 0 spiro atoms. The smallest absolute Gasteiger partial charge is 0.0823 e. The highest BCUT2D eigenvalue weighted by atomic mass is 16.5. The molecular formula is C13H26N6O. The number of hydrogen-bond donors (Lipinski definition) is 2. The first-order valence-electron chi connectivity index (χ1n) is 7.28. The quantitative estimate of drug-likeness (QED) is 0.577. The average molecular weight is 282 g/mol. The number of aryl methyl sites for hydroxylation is 1. The standard InChI is InChI=1S/C13H26N6O/c1-4-5-19-11(10-15-17-19)12(16-14)13(2,3)18-6-8-20-9-7-18/h10,12,16H,4-9,14H2,1-3H3. The Labute approximate surface area is 120 Å². The second-order valence-corrected chi connectivity index (χ2v) is 5.73. The third-order valence-corrected chi connectivity index (χ3v) is 4.08. The number of nitrogens with two attached hydrogens (primary N) is 1. The average Bonchev–Trinajstić information content (AvgIpc) is 2.89. The van der Waals surface area contributed by atoms with Crippen molar-refractivity contribution in [3.05, 3.63) is 11.9 Å². The minimum absolute atomic E-state index is 0.0258. The van der Waals surface area contributed by atoms with Gasteiger partial charge >= 0.3 is 0 Å². The zero-order chi connectivity index (χ0) is 14.6. The first-order valence-corrected chi connectivity index (χ1v) is 7.28. The third kappa shape index (κ3) is 3.01. The van der Waals surface area contributed by atoms with Crippen molar-refractivity contribution in [3.8, 4) is 0 Å². The van der Waals surface area contributed by atoms with Gasteiger partial charge in [0, 0.05) is 25.2 Å². The van der Waals surface area contributed by atoms with E-state index in [1.54, 1.807) is 0 Å². The molecule has 0 saturated carbocycles. The van der Waals surface area contributed by atoms with Crippen LogP contribution in [0.1, 0.15) is 38.9 Å². The van der Waals surface area contributed by atoms with Gasteiger partial charge in [-0.15, -0.1) is 5.10 Å². The molecule has 1 atom stereocenters. The van der Waals surface area contributed by atoms with Crippen molar-refractivity contribution in [1.82, 2.24) is 25.3 Å². The van der Waals surface area contributed by atoms with Crippen molar-refractivity contribution in [3.63, 3.8) is 0 Å². The minimum atomic E-state index is -0.133. The van der Waals surface area contributed by atoms with Crippen LogP contribution in [0.15, 0.2) is 6.20 Å². The van der Waals surface area contributed by atoms with Crippen molar-refractivity contribution in [1.29, 1.82) is 0 Å². The molecule has 1 aliphatic heterocycles. The second-order valence-electron chi connectivity index (χ2n) is 5.73. The highest BCUT2D eigenvalue weighted by molar-refractivity contribution is 5.10. The lowest BCUT2D eigenvalue weighted by atomic mass is 9.90. The normalized spacial score (nSPS) is 19.2. The van der Waals surface area contributed by atoms with Crippen LogP contribution in [-0.2, 0) is 11.3 Å². The molecule has 1 aromatic heterocycles. The Hall–Kier alpha value is -1.02. The van der Waals surface area contributed by atoms with Gasteiger partial charge in [0.25, 0.3) is 0 Å². The maximum absolute atomic E-state index is 5.85. The molecule has 1 saturated heterocycles. The Morgan fingerprint density at radius 3 is 2.75 bits per heavy atom. The van der Waals surface area contributed by atoms with Gasteiger partial charge in [-0.2, -0.15) is 0 Å². The Morgan fingerprint density at radius 1 is 1.45 bits per heavy atom. The van der Waals surface area contributed by atoms with Crippen LogP contribution in [0.2, 0.25) is 0 Å². The number of aromatic nitrogens is 3. The predicted octanol–water partition coefficient (Wildman–Crippen LogP) is 0.303. The monoisotopic (exact) mass is 282 g/mol. The molecule has 1 fully saturated rings. The van der Waals surface area contributed by atoms with Crippen molar-refractivity contribution in [2.75, 3.05) is 26.3 Å². The molecule has 7 nitrogen and oxygen atoms in total. The fourth-order valence-corrected chi connectivity index (χ4v) is 2.85. The van der Waals surface area contributed by atoms with Gasteiger partial charge in [0.05, 0.1) is 31.1 Å². The largest absolute Gasteiger partial charge is 0.379 e. The number of hydrazine groups is 1. The lowest BCUT2D eigenvalue weighted by molar-refractivity contribution is -0.0249. The maximum Gasteiger partial charge on any atom is 0.0823 e. The number of hydrogen-bond acceptors (Lipinski definition) is 6. The third-order valence-electron chi connectivity index (χ3n) is 4.08. The highest BCUT2D eigenvalue weighted by Gasteiger charge is 2.38. The fourth-order valence-electron chi connectivity index (χ4n) is 2.85. The molecule has 0 aromatic carbocycles. The summed E-state index contributed by atoms with van der Waals surface area (Å²) in [6.07, 6.45) is 2.83. The minimum Gasteiger partial charge on any atom is -0.379 e. The van der Waals surface area contributed by atoms with Gasteiger partial charge in [0.1, 0.15) is 0 Å². The fraction of sp³-hybridized carbons (Fsp3) is 0.846. The Bertz CT molecular complexity index is 413. The van der Waals surface area contributed by atoms with E-state index in [2.05, 4.69) is 41.4 Å². The molecule has 0 amide bonds. The number of ether oxygens (including phenoxy) is 1. The summed E-state index contributed by atoms with van der Waals surface area (Å²) in [6, 6.07) is -0.0258.